The zero-order valence-electron chi connectivity index (χ0n) is 16.9. The maximum Gasteiger partial charge on any atom is 0.321 e. The second-order valence-electron chi connectivity index (χ2n) is 7.08. The number of carbonyl (C=O) groups excluding carboxylic acids is 1. The molecule has 1 aliphatic rings. The molecule has 0 radical (unpaired) electrons. The summed E-state index contributed by atoms with van der Waals surface area (Å²) in [5.41, 5.74) is 3.26. The third kappa shape index (κ3) is 5.39. The smallest absolute Gasteiger partial charge is 0.321 e. The number of anilines is 1. The number of hydrogen-bond acceptors (Lipinski definition) is 4. The van der Waals surface area contributed by atoms with Crippen molar-refractivity contribution in [2.24, 2.45) is 0 Å². The number of nitrogens with one attached hydrogen (secondary N) is 1. The zero-order valence-corrected chi connectivity index (χ0v) is 16.9. The van der Waals surface area contributed by atoms with Gasteiger partial charge in [0.05, 0.1) is 7.11 Å². The van der Waals surface area contributed by atoms with Crippen molar-refractivity contribution in [1.82, 2.24) is 9.80 Å². The molecule has 0 spiro atoms. The third-order valence-electron chi connectivity index (χ3n) is 5.15. The van der Waals surface area contributed by atoms with E-state index in [1.807, 2.05) is 47.4 Å². The first-order valence-corrected chi connectivity index (χ1v) is 9.67. The molecule has 1 heterocycles. The second kappa shape index (κ2) is 9.46. The van der Waals surface area contributed by atoms with E-state index in [0.717, 1.165) is 49.9 Å². The van der Waals surface area contributed by atoms with Gasteiger partial charge in [0.15, 0.2) is 0 Å². The Morgan fingerprint density at radius 1 is 0.964 bits per heavy atom. The molecule has 0 aromatic heterocycles. The fourth-order valence-electron chi connectivity index (χ4n) is 3.16. The summed E-state index contributed by atoms with van der Waals surface area (Å²) < 4.78 is 10.9. The molecule has 0 unspecified atom stereocenters. The highest BCUT2D eigenvalue weighted by Gasteiger charge is 2.21. The molecule has 1 saturated heterocycles. The van der Waals surface area contributed by atoms with Crippen LogP contribution in [0.2, 0.25) is 0 Å². The van der Waals surface area contributed by atoms with Crippen molar-refractivity contribution in [3.63, 3.8) is 0 Å². The summed E-state index contributed by atoms with van der Waals surface area (Å²) in [4.78, 5) is 16.7. The molecule has 1 N–H and O–H groups in total. The first kappa shape index (κ1) is 20.0. The molecule has 6 heteroatoms. The van der Waals surface area contributed by atoms with E-state index in [1.165, 1.54) is 11.1 Å². The Labute approximate surface area is 167 Å². The number of piperazine rings is 1. The van der Waals surface area contributed by atoms with Crippen molar-refractivity contribution >= 4 is 11.7 Å². The van der Waals surface area contributed by atoms with E-state index in [-0.39, 0.29) is 6.03 Å². The van der Waals surface area contributed by atoms with Gasteiger partial charge in [-0.2, -0.15) is 0 Å². The van der Waals surface area contributed by atoms with Crippen molar-refractivity contribution in [3.05, 3.63) is 53.6 Å². The minimum Gasteiger partial charge on any atom is -0.497 e. The largest absolute Gasteiger partial charge is 0.497 e. The van der Waals surface area contributed by atoms with Crippen LogP contribution in [0.25, 0.3) is 0 Å². The Hall–Kier alpha value is -2.73. The van der Waals surface area contributed by atoms with Crippen LogP contribution in [0.1, 0.15) is 11.1 Å². The molecule has 2 aromatic carbocycles. The molecule has 2 aromatic rings. The summed E-state index contributed by atoms with van der Waals surface area (Å²) in [5, 5.41) is 3.00. The lowest BCUT2D eigenvalue weighted by Gasteiger charge is -2.34. The molecule has 150 valence electrons. The number of nitrogens with zero attached hydrogens (tertiary/aromatic N) is 2. The summed E-state index contributed by atoms with van der Waals surface area (Å²) in [5.74, 6) is 1.66. The molecule has 3 rings (SSSR count). The van der Waals surface area contributed by atoms with Crippen LogP contribution in [0.5, 0.6) is 11.5 Å². The number of rotatable bonds is 6. The minimum absolute atomic E-state index is 0.0302. The number of urea groups is 1. The predicted octanol–water partition coefficient (Wildman–Crippen LogP) is 3.54. The van der Waals surface area contributed by atoms with Crippen LogP contribution in [-0.2, 0) is 0 Å². The van der Waals surface area contributed by atoms with E-state index < -0.39 is 0 Å². The van der Waals surface area contributed by atoms with Crippen molar-refractivity contribution in [3.8, 4) is 11.5 Å². The average Bonchev–Trinajstić information content (AvgIpc) is 2.72. The summed E-state index contributed by atoms with van der Waals surface area (Å²) in [6.07, 6.45) is 0. The molecular weight excluding hydrogens is 354 g/mol. The number of hydrogen-bond donors (Lipinski definition) is 1. The van der Waals surface area contributed by atoms with Crippen LogP contribution in [0.3, 0.4) is 0 Å². The van der Waals surface area contributed by atoms with E-state index in [0.29, 0.717) is 6.61 Å². The Bertz CT molecular complexity index is 784. The summed E-state index contributed by atoms with van der Waals surface area (Å²) in [7, 11) is 1.65. The molecule has 1 aliphatic heterocycles. The predicted molar refractivity (Wildman–Crippen MR) is 111 cm³/mol. The van der Waals surface area contributed by atoms with Gasteiger partial charge < -0.3 is 19.7 Å². The van der Waals surface area contributed by atoms with E-state index >= 15 is 0 Å². The molecule has 2 amide bonds. The number of aryl methyl sites for hydroxylation is 2. The number of amides is 2. The Morgan fingerprint density at radius 3 is 2.29 bits per heavy atom. The van der Waals surface area contributed by atoms with Crippen LogP contribution >= 0.6 is 0 Å². The first-order valence-electron chi connectivity index (χ1n) is 9.67. The van der Waals surface area contributed by atoms with Gasteiger partial charge in [0.25, 0.3) is 0 Å². The molecule has 1 fully saturated rings. The third-order valence-corrected chi connectivity index (χ3v) is 5.15. The molecule has 0 atom stereocenters. The van der Waals surface area contributed by atoms with E-state index in [2.05, 4.69) is 24.1 Å². The van der Waals surface area contributed by atoms with Gasteiger partial charge in [0.2, 0.25) is 0 Å². The molecule has 28 heavy (non-hydrogen) atoms. The highest BCUT2D eigenvalue weighted by Crippen LogP contribution is 2.17. The van der Waals surface area contributed by atoms with Gasteiger partial charge in [-0.15, -0.1) is 0 Å². The fraction of sp³-hybridized carbons (Fsp3) is 0.409. The van der Waals surface area contributed by atoms with Gasteiger partial charge in [-0.3, -0.25) is 4.90 Å². The van der Waals surface area contributed by atoms with Crippen LogP contribution in [-0.4, -0.2) is 62.3 Å². The molecule has 0 saturated carbocycles. The summed E-state index contributed by atoms with van der Waals surface area (Å²) in [6, 6.07) is 13.6. The van der Waals surface area contributed by atoms with Crippen LogP contribution in [0.15, 0.2) is 42.5 Å². The fourth-order valence-corrected chi connectivity index (χ4v) is 3.16. The maximum atomic E-state index is 12.5. The van der Waals surface area contributed by atoms with Crippen molar-refractivity contribution in [1.29, 1.82) is 0 Å². The standard InChI is InChI=1S/C22H29N3O3/c1-17-4-5-19(16-18(17)2)23-22(26)25-12-10-24(11-13-25)14-15-28-21-8-6-20(27-3)7-9-21/h4-9,16H,10-15H2,1-3H3,(H,23,26). The quantitative estimate of drug-likeness (QED) is 0.829. The van der Waals surface area contributed by atoms with Crippen LogP contribution in [0, 0.1) is 13.8 Å². The Morgan fingerprint density at radius 2 is 1.64 bits per heavy atom. The first-order chi connectivity index (χ1) is 13.5. The van der Waals surface area contributed by atoms with Crippen LogP contribution in [0.4, 0.5) is 10.5 Å². The second-order valence-corrected chi connectivity index (χ2v) is 7.08. The number of benzene rings is 2. The SMILES string of the molecule is COc1ccc(OCCN2CCN(C(=O)Nc3ccc(C)c(C)c3)CC2)cc1. The van der Waals surface area contributed by atoms with Crippen molar-refractivity contribution in [2.45, 2.75) is 13.8 Å². The maximum absolute atomic E-state index is 12.5. The average molecular weight is 383 g/mol. The topological polar surface area (TPSA) is 54.0 Å². The van der Waals surface area contributed by atoms with Crippen molar-refractivity contribution < 1.29 is 14.3 Å². The highest BCUT2D eigenvalue weighted by molar-refractivity contribution is 5.89. The lowest BCUT2D eigenvalue weighted by atomic mass is 10.1. The van der Waals surface area contributed by atoms with Gasteiger partial charge in [0, 0.05) is 38.4 Å². The molecule has 6 nitrogen and oxygen atoms in total. The summed E-state index contributed by atoms with van der Waals surface area (Å²) >= 11 is 0. The van der Waals surface area contributed by atoms with Gasteiger partial charge in [-0.25, -0.2) is 4.79 Å². The van der Waals surface area contributed by atoms with E-state index in [1.54, 1.807) is 7.11 Å². The monoisotopic (exact) mass is 383 g/mol. The zero-order chi connectivity index (χ0) is 19.9. The van der Waals surface area contributed by atoms with Gasteiger partial charge in [-0.1, -0.05) is 6.07 Å². The lowest BCUT2D eigenvalue weighted by molar-refractivity contribution is 0.132. The van der Waals surface area contributed by atoms with E-state index in [9.17, 15) is 4.79 Å². The normalized spacial score (nSPS) is 14.6. The number of ether oxygens (including phenoxy) is 2. The Kier molecular flexibility index (Phi) is 6.76. The van der Waals surface area contributed by atoms with Crippen molar-refractivity contribution in [2.75, 3.05) is 51.8 Å². The lowest BCUT2D eigenvalue weighted by Crippen LogP contribution is -2.50. The highest BCUT2D eigenvalue weighted by atomic mass is 16.5. The number of methoxy groups -OCH3 is 1. The molecule has 0 aliphatic carbocycles. The van der Waals surface area contributed by atoms with E-state index in [4.69, 9.17) is 9.47 Å². The summed E-state index contributed by atoms with van der Waals surface area (Å²) in [6.45, 7) is 8.74. The van der Waals surface area contributed by atoms with Gasteiger partial charge in [0.1, 0.15) is 18.1 Å². The minimum atomic E-state index is -0.0302. The molecular formula is C22H29N3O3. The van der Waals surface area contributed by atoms with Gasteiger partial charge in [-0.05, 0) is 61.4 Å². The van der Waals surface area contributed by atoms with Gasteiger partial charge >= 0.3 is 6.03 Å². The number of carbonyl (C=O) groups is 1. The molecule has 0 bridgehead atoms. The van der Waals surface area contributed by atoms with Crippen LogP contribution < -0.4 is 14.8 Å². The Balaban J connectivity index is 1.38.